The Labute approximate surface area is 175 Å². The van der Waals surface area contributed by atoms with Crippen molar-refractivity contribution in [3.05, 3.63) is 24.3 Å². The summed E-state index contributed by atoms with van der Waals surface area (Å²) in [5.41, 5.74) is 6.98. The number of hydrogen-bond donors (Lipinski definition) is 1. The minimum Gasteiger partial charge on any atom is -0.493 e. The summed E-state index contributed by atoms with van der Waals surface area (Å²) in [6.07, 6.45) is 0.951. The van der Waals surface area contributed by atoms with Crippen LogP contribution in [0.25, 0.3) is 15.7 Å². The van der Waals surface area contributed by atoms with E-state index >= 15 is 0 Å². The van der Waals surface area contributed by atoms with E-state index in [9.17, 15) is 0 Å². The van der Waals surface area contributed by atoms with Gasteiger partial charge in [-0.25, -0.2) is 0 Å². The maximum absolute atomic E-state index is 6.08. The molecule has 1 aromatic carbocycles. The average molecular weight is 417 g/mol. The Bertz CT molecular complexity index is 919. The van der Waals surface area contributed by atoms with Crippen LogP contribution in [-0.2, 0) is 0 Å². The van der Waals surface area contributed by atoms with Gasteiger partial charge < -0.3 is 20.3 Å². The molecule has 0 fully saturated rings. The van der Waals surface area contributed by atoms with E-state index in [0.29, 0.717) is 23.6 Å². The number of hydrogen-bond acceptors (Lipinski definition) is 9. The standard InChI is InChI=1S/C19H28N8OS/c1-5-26(6-2)18-21-17(20)27(24-18)19-23-22-16(29-19)14-10-7-8-11-15(14)28-13-9-12-25(3)4/h7-8,10-11H,5-6,9,12-13H2,1-4H3,(H2,20,21,24). The molecular weight excluding hydrogens is 388 g/mol. The highest BCUT2D eigenvalue weighted by atomic mass is 32.1. The Hall–Kier alpha value is -2.72. The normalized spacial score (nSPS) is 11.2. The van der Waals surface area contributed by atoms with Crippen molar-refractivity contribution >= 4 is 23.2 Å². The number of aromatic nitrogens is 5. The van der Waals surface area contributed by atoms with Crippen molar-refractivity contribution in [1.29, 1.82) is 0 Å². The van der Waals surface area contributed by atoms with Crippen LogP contribution in [0.1, 0.15) is 20.3 Å². The van der Waals surface area contributed by atoms with Crippen molar-refractivity contribution < 1.29 is 4.74 Å². The fourth-order valence-electron chi connectivity index (χ4n) is 2.84. The number of rotatable bonds is 10. The number of para-hydroxylation sites is 1. The molecule has 2 aromatic heterocycles. The van der Waals surface area contributed by atoms with Crippen LogP contribution < -0.4 is 15.4 Å². The van der Waals surface area contributed by atoms with Gasteiger partial charge in [-0.05, 0) is 46.5 Å². The lowest BCUT2D eigenvalue weighted by molar-refractivity contribution is 0.282. The van der Waals surface area contributed by atoms with Gasteiger partial charge >= 0.3 is 0 Å². The first-order valence-corrected chi connectivity index (χ1v) is 10.5. The lowest BCUT2D eigenvalue weighted by Gasteiger charge is -2.14. The maximum atomic E-state index is 6.08. The molecule has 0 radical (unpaired) electrons. The van der Waals surface area contributed by atoms with Crippen molar-refractivity contribution in [3.8, 4) is 21.5 Å². The van der Waals surface area contributed by atoms with E-state index in [2.05, 4.69) is 53.1 Å². The molecule has 0 amide bonds. The highest BCUT2D eigenvalue weighted by Crippen LogP contribution is 2.33. The maximum Gasteiger partial charge on any atom is 0.247 e. The fourth-order valence-corrected chi connectivity index (χ4v) is 3.67. The monoisotopic (exact) mass is 416 g/mol. The zero-order chi connectivity index (χ0) is 20.8. The summed E-state index contributed by atoms with van der Waals surface area (Å²) in [6, 6.07) is 7.86. The molecule has 0 aliphatic heterocycles. The molecule has 3 rings (SSSR count). The van der Waals surface area contributed by atoms with Crippen molar-refractivity contribution in [1.82, 2.24) is 29.9 Å². The summed E-state index contributed by atoms with van der Waals surface area (Å²) in [5, 5.41) is 14.4. The van der Waals surface area contributed by atoms with Crippen molar-refractivity contribution in [2.45, 2.75) is 20.3 Å². The van der Waals surface area contributed by atoms with E-state index < -0.39 is 0 Å². The van der Waals surface area contributed by atoms with Crippen molar-refractivity contribution in [2.24, 2.45) is 0 Å². The van der Waals surface area contributed by atoms with Gasteiger partial charge in [0, 0.05) is 19.6 Å². The Morgan fingerprint density at radius 3 is 2.62 bits per heavy atom. The number of anilines is 2. The van der Waals surface area contributed by atoms with Gasteiger partial charge in [-0.1, -0.05) is 23.5 Å². The molecule has 29 heavy (non-hydrogen) atoms. The SMILES string of the molecule is CCN(CC)c1nc(N)n(-c2nnc(-c3ccccc3OCCCN(C)C)s2)n1. The molecular formula is C19H28N8OS. The minimum absolute atomic E-state index is 0.294. The van der Waals surface area contributed by atoms with E-state index in [0.717, 1.165) is 42.4 Å². The molecule has 0 saturated carbocycles. The van der Waals surface area contributed by atoms with Crippen LogP contribution in [0.2, 0.25) is 0 Å². The van der Waals surface area contributed by atoms with Crippen molar-refractivity contribution in [3.63, 3.8) is 0 Å². The molecule has 2 heterocycles. The molecule has 0 atom stereocenters. The molecule has 0 aliphatic rings. The first-order valence-electron chi connectivity index (χ1n) is 9.71. The van der Waals surface area contributed by atoms with Gasteiger partial charge in [0.1, 0.15) is 5.75 Å². The number of nitrogens with zero attached hydrogens (tertiary/aromatic N) is 7. The lowest BCUT2D eigenvalue weighted by atomic mass is 10.2. The van der Waals surface area contributed by atoms with Crippen LogP contribution in [0.15, 0.2) is 24.3 Å². The Morgan fingerprint density at radius 1 is 1.14 bits per heavy atom. The van der Waals surface area contributed by atoms with Gasteiger partial charge in [0.05, 0.1) is 12.2 Å². The summed E-state index contributed by atoms with van der Waals surface area (Å²) < 4.78 is 7.53. The molecule has 0 unspecified atom stereocenters. The number of ether oxygens (including phenoxy) is 1. The van der Waals surface area contributed by atoms with Crippen LogP contribution in [0.4, 0.5) is 11.9 Å². The zero-order valence-corrected chi connectivity index (χ0v) is 18.2. The molecule has 9 nitrogen and oxygen atoms in total. The Balaban J connectivity index is 1.80. The van der Waals surface area contributed by atoms with E-state index in [1.807, 2.05) is 29.2 Å². The van der Waals surface area contributed by atoms with Crippen LogP contribution in [0.5, 0.6) is 5.75 Å². The average Bonchev–Trinajstić information content (AvgIpc) is 3.33. The van der Waals surface area contributed by atoms with Crippen LogP contribution in [0.3, 0.4) is 0 Å². The molecule has 0 saturated heterocycles. The third-order valence-corrected chi connectivity index (χ3v) is 5.32. The summed E-state index contributed by atoms with van der Waals surface area (Å²) in [4.78, 5) is 8.53. The second-order valence-corrected chi connectivity index (χ2v) is 7.70. The van der Waals surface area contributed by atoms with E-state index in [4.69, 9.17) is 10.5 Å². The number of nitrogens with two attached hydrogens (primary N) is 1. The second-order valence-electron chi connectivity index (χ2n) is 6.75. The molecule has 10 heteroatoms. The molecule has 2 N–H and O–H groups in total. The van der Waals surface area contributed by atoms with Crippen LogP contribution >= 0.6 is 11.3 Å². The van der Waals surface area contributed by atoms with Gasteiger partial charge in [0.15, 0.2) is 5.01 Å². The molecule has 0 spiro atoms. The first kappa shape index (κ1) is 21.0. The first-order chi connectivity index (χ1) is 14.0. The third-order valence-electron chi connectivity index (χ3n) is 4.39. The fraction of sp³-hybridized carbons (Fsp3) is 0.474. The van der Waals surface area contributed by atoms with Crippen molar-refractivity contribution in [2.75, 3.05) is 51.0 Å². The molecule has 0 aliphatic carbocycles. The predicted molar refractivity (Wildman–Crippen MR) is 117 cm³/mol. The third kappa shape index (κ3) is 5.01. The summed E-state index contributed by atoms with van der Waals surface area (Å²) in [5.74, 6) is 1.68. The summed E-state index contributed by atoms with van der Waals surface area (Å²) >= 11 is 1.40. The lowest BCUT2D eigenvalue weighted by Crippen LogP contribution is -2.23. The highest BCUT2D eigenvalue weighted by molar-refractivity contribution is 7.17. The Kier molecular flexibility index (Phi) is 6.99. The predicted octanol–water partition coefficient (Wildman–Crippen LogP) is 2.54. The topological polar surface area (TPSA) is 98.2 Å². The molecule has 0 bridgehead atoms. The molecule has 156 valence electrons. The zero-order valence-electron chi connectivity index (χ0n) is 17.4. The van der Waals surface area contributed by atoms with Gasteiger partial charge in [-0.2, -0.15) is 9.67 Å². The summed E-state index contributed by atoms with van der Waals surface area (Å²) in [7, 11) is 4.11. The van der Waals surface area contributed by atoms with Crippen LogP contribution in [-0.4, -0.2) is 70.2 Å². The Morgan fingerprint density at radius 2 is 1.90 bits per heavy atom. The van der Waals surface area contributed by atoms with Gasteiger partial charge in [-0.15, -0.1) is 15.3 Å². The van der Waals surface area contributed by atoms with E-state index in [1.165, 1.54) is 16.0 Å². The number of nitrogen functional groups attached to an aromatic ring is 1. The quantitative estimate of drug-likeness (QED) is 0.504. The van der Waals surface area contributed by atoms with Gasteiger partial charge in [-0.3, -0.25) is 0 Å². The van der Waals surface area contributed by atoms with Gasteiger partial charge in [0.25, 0.3) is 0 Å². The smallest absolute Gasteiger partial charge is 0.247 e. The van der Waals surface area contributed by atoms with E-state index in [-0.39, 0.29) is 0 Å². The second kappa shape index (κ2) is 9.66. The van der Waals surface area contributed by atoms with Gasteiger partial charge in [0.2, 0.25) is 17.0 Å². The number of benzene rings is 1. The highest BCUT2D eigenvalue weighted by Gasteiger charge is 2.18. The van der Waals surface area contributed by atoms with Crippen LogP contribution in [0, 0.1) is 0 Å². The molecule has 3 aromatic rings. The summed E-state index contributed by atoms with van der Waals surface area (Å²) in [6.45, 7) is 7.34. The largest absolute Gasteiger partial charge is 0.493 e. The minimum atomic E-state index is 0.294. The van der Waals surface area contributed by atoms with E-state index in [1.54, 1.807) is 0 Å².